The molecular formula is C22H41NO4S. The summed E-state index contributed by atoms with van der Waals surface area (Å²) in [5, 5.41) is 0. The molecule has 0 spiro atoms. The topological polar surface area (TPSA) is 87.6 Å². The Morgan fingerprint density at radius 1 is 0.786 bits per heavy atom. The predicted octanol–water partition coefficient (Wildman–Crippen LogP) is 6.67. The number of hydrogen-bond acceptors (Lipinski definition) is 5. The summed E-state index contributed by atoms with van der Waals surface area (Å²) >= 11 is 0. The van der Waals surface area contributed by atoms with Crippen molar-refractivity contribution in [2.45, 2.75) is 97.0 Å². The fourth-order valence-electron chi connectivity index (χ4n) is 3.09. The molecule has 0 bridgehead atoms. The first-order valence-electron chi connectivity index (χ1n) is 10.5. The van der Waals surface area contributed by atoms with E-state index in [1.807, 2.05) is 30.3 Å². The van der Waals surface area contributed by atoms with E-state index < -0.39 is 16.0 Å². The van der Waals surface area contributed by atoms with Gasteiger partial charge in [-0.15, -0.1) is 0 Å². The van der Waals surface area contributed by atoms with Gasteiger partial charge in [-0.1, -0.05) is 101 Å². The van der Waals surface area contributed by atoms with E-state index in [0.29, 0.717) is 0 Å². The lowest BCUT2D eigenvalue weighted by atomic mass is 9.99. The van der Waals surface area contributed by atoms with Crippen LogP contribution in [-0.2, 0) is 24.4 Å². The van der Waals surface area contributed by atoms with Crippen LogP contribution in [0.4, 0.5) is 0 Å². The molecule has 0 aliphatic carbocycles. The van der Waals surface area contributed by atoms with Gasteiger partial charge in [-0.2, -0.15) is 8.42 Å². The third kappa shape index (κ3) is 12.5. The molecule has 1 aromatic carbocycles. The van der Waals surface area contributed by atoms with Gasteiger partial charge in [0.25, 0.3) is 0 Å². The summed E-state index contributed by atoms with van der Waals surface area (Å²) in [7, 11) is -4.00. The smallest absolute Gasteiger partial charge is 0.344 e. The lowest BCUT2D eigenvalue weighted by molar-refractivity contribution is 0.0846. The highest BCUT2D eigenvalue weighted by molar-refractivity contribution is 7.81. The SMILES string of the molecule is CCCCCCCCCCCCCOS(=O)(=O)OC(C)(C)c1ccccc1.N. The van der Waals surface area contributed by atoms with Gasteiger partial charge in [-0.25, -0.2) is 8.37 Å². The van der Waals surface area contributed by atoms with Gasteiger partial charge in [0.2, 0.25) is 0 Å². The molecule has 5 nitrogen and oxygen atoms in total. The summed E-state index contributed by atoms with van der Waals surface area (Å²) < 4.78 is 34.4. The maximum Gasteiger partial charge on any atom is 0.400 e. The zero-order valence-electron chi connectivity index (χ0n) is 18.1. The second kappa shape index (κ2) is 15.0. The van der Waals surface area contributed by atoms with E-state index in [9.17, 15) is 8.42 Å². The molecule has 0 aliphatic rings. The van der Waals surface area contributed by atoms with Crippen LogP contribution < -0.4 is 6.15 Å². The Balaban J connectivity index is 0.00000729. The van der Waals surface area contributed by atoms with Crippen LogP contribution in [0.25, 0.3) is 0 Å². The van der Waals surface area contributed by atoms with Gasteiger partial charge in [0, 0.05) is 0 Å². The zero-order chi connectivity index (χ0) is 20.0. The first kappa shape index (κ1) is 27.0. The van der Waals surface area contributed by atoms with Crippen LogP contribution in [0.3, 0.4) is 0 Å². The van der Waals surface area contributed by atoms with Gasteiger partial charge in [0.1, 0.15) is 5.60 Å². The molecule has 0 atom stereocenters. The van der Waals surface area contributed by atoms with Crippen LogP contribution >= 0.6 is 0 Å². The number of rotatable bonds is 16. The van der Waals surface area contributed by atoms with Crippen LogP contribution in [0.1, 0.15) is 97.0 Å². The van der Waals surface area contributed by atoms with Gasteiger partial charge in [0.05, 0.1) is 6.61 Å². The molecule has 1 aromatic rings. The molecule has 3 N–H and O–H groups in total. The molecule has 0 heterocycles. The van der Waals surface area contributed by atoms with Crippen molar-refractivity contribution >= 4 is 10.4 Å². The third-order valence-electron chi connectivity index (χ3n) is 4.75. The van der Waals surface area contributed by atoms with E-state index in [4.69, 9.17) is 8.37 Å². The van der Waals surface area contributed by atoms with Crippen LogP contribution in [0.5, 0.6) is 0 Å². The number of unbranched alkanes of at least 4 members (excludes halogenated alkanes) is 10. The molecule has 0 saturated heterocycles. The first-order chi connectivity index (χ1) is 12.9. The van der Waals surface area contributed by atoms with Crippen molar-refractivity contribution < 1.29 is 16.8 Å². The van der Waals surface area contributed by atoms with E-state index >= 15 is 0 Å². The maximum atomic E-state index is 12.1. The monoisotopic (exact) mass is 415 g/mol. The molecule has 0 unspecified atom stereocenters. The third-order valence-corrected chi connectivity index (χ3v) is 5.83. The number of benzene rings is 1. The predicted molar refractivity (Wildman–Crippen MR) is 117 cm³/mol. The molecule has 1 rings (SSSR count). The summed E-state index contributed by atoms with van der Waals surface area (Å²) in [6.07, 6.45) is 13.4. The molecule has 0 fully saturated rings. The molecule has 0 amide bonds. The van der Waals surface area contributed by atoms with Crippen LogP contribution in [-0.4, -0.2) is 15.0 Å². The van der Waals surface area contributed by atoms with Crippen molar-refractivity contribution in [2.75, 3.05) is 6.61 Å². The Morgan fingerprint density at radius 2 is 1.25 bits per heavy atom. The van der Waals surface area contributed by atoms with Crippen LogP contribution in [0.15, 0.2) is 30.3 Å². The van der Waals surface area contributed by atoms with Gasteiger partial charge in [0.15, 0.2) is 0 Å². The van der Waals surface area contributed by atoms with Crippen molar-refractivity contribution in [2.24, 2.45) is 0 Å². The maximum absolute atomic E-state index is 12.1. The zero-order valence-corrected chi connectivity index (χ0v) is 18.9. The molecule has 0 saturated carbocycles. The van der Waals surface area contributed by atoms with Gasteiger partial charge < -0.3 is 6.15 Å². The lowest BCUT2D eigenvalue weighted by Crippen LogP contribution is -2.27. The van der Waals surface area contributed by atoms with E-state index in [1.54, 1.807) is 13.8 Å². The second-order valence-electron chi connectivity index (χ2n) is 7.73. The molecule has 28 heavy (non-hydrogen) atoms. The Labute approximate surface area is 173 Å². The Morgan fingerprint density at radius 3 is 1.75 bits per heavy atom. The molecular weight excluding hydrogens is 374 g/mol. The highest BCUT2D eigenvalue weighted by atomic mass is 32.3. The summed E-state index contributed by atoms with van der Waals surface area (Å²) in [6.45, 7) is 5.88. The van der Waals surface area contributed by atoms with Crippen molar-refractivity contribution in [3.8, 4) is 0 Å². The van der Waals surface area contributed by atoms with E-state index in [0.717, 1.165) is 24.8 Å². The Kier molecular flexibility index (Phi) is 14.5. The van der Waals surface area contributed by atoms with Gasteiger partial charge in [-0.3, -0.25) is 0 Å². The van der Waals surface area contributed by atoms with Gasteiger partial charge >= 0.3 is 10.4 Å². The standard InChI is InChI=1S/C22H38O4S.H3N/c1-4-5-6-7-8-9-10-11-12-13-17-20-25-27(23,24)26-22(2,3)21-18-15-14-16-19-21;/h14-16,18-19H,4-13,17,20H2,1-3H3;1H3. The fraction of sp³-hybridized carbons (Fsp3) is 0.727. The van der Waals surface area contributed by atoms with Crippen LogP contribution in [0.2, 0.25) is 0 Å². The summed E-state index contributed by atoms with van der Waals surface area (Å²) in [4.78, 5) is 0. The quantitative estimate of drug-likeness (QED) is 0.304. The Bertz CT molecular complexity index is 588. The molecule has 164 valence electrons. The van der Waals surface area contributed by atoms with Crippen molar-refractivity contribution in [3.63, 3.8) is 0 Å². The highest BCUT2D eigenvalue weighted by Crippen LogP contribution is 2.27. The molecule has 6 heteroatoms. The Hall–Kier alpha value is -0.950. The lowest BCUT2D eigenvalue weighted by Gasteiger charge is -2.24. The molecule has 0 aromatic heterocycles. The minimum Gasteiger partial charge on any atom is -0.344 e. The molecule has 0 radical (unpaired) electrons. The van der Waals surface area contributed by atoms with E-state index in [-0.39, 0.29) is 12.8 Å². The summed E-state index contributed by atoms with van der Waals surface area (Å²) in [6, 6.07) is 9.30. The number of hydrogen-bond donors (Lipinski definition) is 1. The minimum atomic E-state index is -4.00. The highest BCUT2D eigenvalue weighted by Gasteiger charge is 2.29. The van der Waals surface area contributed by atoms with Gasteiger partial charge in [-0.05, 0) is 25.8 Å². The average Bonchev–Trinajstić information content (AvgIpc) is 2.62. The summed E-state index contributed by atoms with van der Waals surface area (Å²) in [5.41, 5.74) is -0.149. The normalized spacial score (nSPS) is 12.0. The largest absolute Gasteiger partial charge is 0.400 e. The fourth-order valence-corrected chi connectivity index (χ4v) is 4.07. The van der Waals surface area contributed by atoms with Crippen LogP contribution in [0, 0.1) is 0 Å². The first-order valence-corrected chi connectivity index (χ1v) is 11.9. The van der Waals surface area contributed by atoms with Crippen molar-refractivity contribution in [3.05, 3.63) is 35.9 Å². The minimum absolute atomic E-state index is 0. The summed E-state index contributed by atoms with van der Waals surface area (Å²) in [5.74, 6) is 0. The average molecular weight is 416 g/mol. The van der Waals surface area contributed by atoms with E-state index in [2.05, 4.69) is 6.92 Å². The van der Waals surface area contributed by atoms with Crippen molar-refractivity contribution in [1.29, 1.82) is 0 Å². The van der Waals surface area contributed by atoms with Crippen molar-refractivity contribution in [1.82, 2.24) is 6.15 Å². The molecule has 0 aliphatic heterocycles. The van der Waals surface area contributed by atoms with E-state index in [1.165, 1.54) is 51.4 Å². The second-order valence-corrected chi connectivity index (χ2v) is 8.94.